The van der Waals surface area contributed by atoms with Crippen LogP contribution in [0.5, 0.6) is 0 Å². The number of rotatable bonds is 17. The smallest absolute Gasteiger partial charge is 0.325 e. The molecule has 0 radical (unpaired) electrons. The number of guanidine groups is 1. The number of carboxylic acids is 1. The zero-order valence-electron chi connectivity index (χ0n) is 19.3. The molecule has 0 saturated carbocycles. The van der Waals surface area contributed by atoms with Gasteiger partial charge in [-0.25, -0.2) is 0 Å². The lowest BCUT2D eigenvalue weighted by Gasteiger charge is -2.24. The molecule has 34 heavy (non-hydrogen) atoms. The van der Waals surface area contributed by atoms with Gasteiger partial charge in [-0.2, -0.15) is 0 Å². The summed E-state index contributed by atoms with van der Waals surface area (Å²) < 4.78 is 0. The van der Waals surface area contributed by atoms with Crippen molar-refractivity contribution in [3.8, 4) is 0 Å². The molecule has 4 atom stereocenters. The van der Waals surface area contributed by atoms with Crippen molar-refractivity contribution in [1.29, 1.82) is 0 Å². The Morgan fingerprint density at radius 3 is 1.97 bits per heavy atom. The van der Waals surface area contributed by atoms with Gasteiger partial charge in [-0.1, -0.05) is 6.42 Å². The highest BCUT2D eigenvalue weighted by Gasteiger charge is 2.30. The lowest BCUT2D eigenvalue weighted by Crippen LogP contribution is -2.57. The van der Waals surface area contributed by atoms with Gasteiger partial charge >= 0.3 is 5.97 Å². The van der Waals surface area contributed by atoms with Crippen molar-refractivity contribution in [2.24, 2.45) is 33.7 Å². The molecule has 14 N–H and O–H groups in total. The maximum Gasteiger partial charge on any atom is 0.325 e. The molecule has 4 amide bonds. The SMILES string of the molecule is CC(NC(=O)C(CC(N)=O)NC(=O)C(CCCN=C(N)N)NC(=O)C(N)CCCCN)C(=O)O. The lowest BCUT2D eigenvalue weighted by molar-refractivity contribution is -0.142. The van der Waals surface area contributed by atoms with Crippen LogP contribution in [0.1, 0.15) is 45.4 Å². The van der Waals surface area contributed by atoms with E-state index < -0.39 is 60.2 Å². The van der Waals surface area contributed by atoms with E-state index in [0.717, 1.165) is 0 Å². The second-order valence-electron chi connectivity index (χ2n) is 7.70. The van der Waals surface area contributed by atoms with E-state index >= 15 is 0 Å². The van der Waals surface area contributed by atoms with Gasteiger partial charge in [-0.3, -0.25) is 29.0 Å². The molecule has 0 aromatic rings. The molecule has 0 fully saturated rings. The number of carbonyl (C=O) groups is 5. The van der Waals surface area contributed by atoms with Gasteiger partial charge in [0.05, 0.1) is 12.5 Å². The van der Waals surface area contributed by atoms with Crippen LogP contribution >= 0.6 is 0 Å². The monoisotopic (exact) mass is 487 g/mol. The molecule has 0 spiro atoms. The van der Waals surface area contributed by atoms with Crippen LogP contribution in [0.2, 0.25) is 0 Å². The summed E-state index contributed by atoms with van der Waals surface area (Å²) in [5, 5.41) is 16.0. The number of carbonyl (C=O) groups excluding carboxylic acids is 4. The highest BCUT2D eigenvalue weighted by Crippen LogP contribution is 2.04. The van der Waals surface area contributed by atoms with Gasteiger partial charge in [0.25, 0.3) is 0 Å². The van der Waals surface area contributed by atoms with Crippen molar-refractivity contribution < 1.29 is 29.1 Å². The molecule has 0 saturated heterocycles. The van der Waals surface area contributed by atoms with Gasteiger partial charge in [-0.05, 0) is 39.2 Å². The largest absolute Gasteiger partial charge is 0.480 e. The Balaban J connectivity index is 5.42. The Hall–Kier alpha value is -3.46. The number of aliphatic imine (C=N–C) groups is 1. The van der Waals surface area contributed by atoms with Gasteiger partial charge < -0.3 is 49.7 Å². The first-order valence-electron chi connectivity index (χ1n) is 10.8. The van der Waals surface area contributed by atoms with Crippen LogP contribution in [-0.2, 0) is 24.0 Å². The number of amides is 4. The number of unbranched alkanes of at least 4 members (excludes halogenated alkanes) is 1. The van der Waals surface area contributed by atoms with Gasteiger partial charge in [0.2, 0.25) is 23.6 Å². The number of hydrogen-bond acceptors (Lipinski definition) is 8. The van der Waals surface area contributed by atoms with Crippen molar-refractivity contribution >= 4 is 35.6 Å². The predicted molar refractivity (Wildman–Crippen MR) is 124 cm³/mol. The summed E-state index contributed by atoms with van der Waals surface area (Å²) in [7, 11) is 0. The fourth-order valence-electron chi connectivity index (χ4n) is 2.75. The number of hydrogen-bond donors (Lipinski definition) is 9. The standard InChI is InChI=1S/C19H37N9O6/c1-10(18(33)34)26-17(32)13(9-14(22)29)28-16(31)12(6-4-8-25-19(23)24)27-15(30)11(21)5-2-3-7-20/h10-13H,2-9,20-21H2,1H3,(H2,22,29)(H,26,32)(H,27,30)(H,28,31)(H,33,34)(H4,23,24,25). The topological polar surface area (TPSA) is 284 Å². The zero-order chi connectivity index (χ0) is 26.3. The second-order valence-corrected chi connectivity index (χ2v) is 7.70. The first-order valence-corrected chi connectivity index (χ1v) is 10.8. The van der Waals surface area contributed by atoms with Gasteiger partial charge in [0.15, 0.2) is 5.96 Å². The van der Waals surface area contributed by atoms with Crippen LogP contribution in [-0.4, -0.2) is 77.9 Å². The summed E-state index contributed by atoms with van der Waals surface area (Å²) in [4.78, 5) is 64.0. The molecule has 4 unspecified atom stereocenters. The average molecular weight is 488 g/mol. The minimum absolute atomic E-state index is 0.0836. The van der Waals surface area contributed by atoms with E-state index in [4.69, 9.17) is 33.8 Å². The van der Waals surface area contributed by atoms with E-state index in [1.165, 1.54) is 6.92 Å². The first kappa shape index (κ1) is 30.5. The quantitative estimate of drug-likeness (QED) is 0.0543. The molecule has 0 aromatic carbocycles. The van der Waals surface area contributed by atoms with Crippen molar-refractivity contribution in [2.45, 2.75) is 69.6 Å². The highest BCUT2D eigenvalue weighted by molar-refractivity contribution is 5.96. The minimum Gasteiger partial charge on any atom is -0.480 e. The molecule has 0 aliphatic rings. The van der Waals surface area contributed by atoms with Crippen molar-refractivity contribution in [3.63, 3.8) is 0 Å². The van der Waals surface area contributed by atoms with Crippen LogP contribution in [0.4, 0.5) is 0 Å². The summed E-state index contributed by atoms with van der Waals surface area (Å²) in [5.41, 5.74) is 27.0. The molecule has 15 heteroatoms. The Kier molecular flexibility index (Phi) is 14.6. The number of nitrogens with two attached hydrogens (primary N) is 5. The average Bonchev–Trinajstić information content (AvgIpc) is 2.74. The van der Waals surface area contributed by atoms with Crippen LogP contribution in [0.3, 0.4) is 0 Å². The maximum atomic E-state index is 12.9. The Morgan fingerprint density at radius 2 is 1.44 bits per heavy atom. The number of aliphatic carboxylic acids is 1. The van der Waals surface area contributed by atoms with E-state index in [2.05, 4.69) is 20.9 Å². The van der Waals surface area contributed by atoms with Crippen LogP contribution in [0, 0.1) is 0 Å². The minimum atomic E-state index is -1.46. The molecule has 15 nitrogen and oxygen atoms in total. The summed E-state index contributed by atoms with van der Waals surface area (Å²) in [5.74, 6) is -4.67. The fourth-order valence-corrected chi connectivity index (χ4v) is 2.75. The van der Waals surface area contributed by atoms with Crippen molar-refractivity contribution in [1.82, 2.24) is 16.0 Å². The van der Waals surface area contributed by atoms with Crippen LogP contribution in [0.25, 0.3) is 0 Å². The molecule has 0 bridgehead atoms. The lowest BCUT2D eigenvalue weighted by atomic mass is 10.1. The molecular formula is C19H37N9O6. The van der Waals surface area contributed by atoms with E-state index in [-0.39, 0.29) is 18.9 Å². The Labute approximate surface area is 197 Å². The Morgan fingerprint density at radius 1 is 0.853 bits per heavy atom. The van der Waals surface area contributed by atoms with Gasteiger partial charge in [-0.15, -0.1) is 0 Å². The van der Waals surface area contributed by atoms with E-state index in [1.54, 1.807) is 0 Å². The summed E-state index contributed by atoms with van der Waals surface area (Å²) >= 11 is 0. The number of primary amides is 1. The molecule has 0 rings (SSSR count). The van der Waals surface area contributed by atoms with Gasteiger partial charge in [0.1, 0.15) is 18.1 Å². The third-order valence-corrected chi connectivity index (χ3v) is 4.65. The number of nitrogens with zero attached hydrogens (tertiary/aromatic N) is 1. The first-order chi connectivity index (χ1) is 15.9. The third kappa shape index (κ3) is 13.2. The molecule has 0 aliphatic heterocycles. The zero-order valence-corrected chi connectivity index (χ0v) is 19.3. The molecule has 0 aromatic heterocycles. The third-order valence-electron chi connectivity index (χ3n) is 4.65. The normalized spacial score (nSPS) is 14.1. The van der Waals surface area contributed by atoms with Crippen LogP contribution < -0.4 is 44.6 Å². The summed E-state index contributed by atoms with van der Waals surface area (Å²) in [6, 6.07) is -4.76. The van der Waals surface area contributed by atoms with Crippen molar-refractivity contribution in [2.75, 3.05) is 13.1 Å². The molecule has 0 heterocycles. The van der Waals surface area contributed by atoms with E-state index in [1.807, 2.05) is 0 Å². The number of nitrogens with one attached hydrogen (secondary N) is 3. The van der Waals surface area contributed by atoms with Gasteiger partial charge in [0, 0.05) is 6.54 Å². The molecule has 0 aliphatic carbocycles. The Bertz CT molecular complexity index is 742. The summed E-state index contributed by atoms with van der Waals surface area (Å²) in [6.07, 6.45) is 1.45. The predicted octanol–water partition coefficient (Wildman–Crippen LogP) is -4.07. The summed E-state index contributed by atoms with van der Waals surface area (Å²) in [6.45, 7) is 1.84. The molecular weight excluding hydrogens is 450 g/mol. The highest BCUT2D eigenvalue weighted by atomic mass is 16.4. The molecule has 194 valence electrons. The van der Waals surface area contributed by atoms with E-state index in [9.17, 15) is 24.0 Å². The maximum absolute atomic E-state index is 12.9. The second kappa shape index (κ2) is 16.2. The van der Waals surface area contributed by atoms with E-state index in [0.29, 0.717) is 32.2 Å². The van der Waals surface area contributed by atoms with Crippen LogP contribution in [0.15, 0.2) is 4.99 Å². The number of carboxylic acid groups (broad SMARTS) is 1. The fraction of sp³-hybridized carbons (Fsp3) is 0.684. The van der Waals surface area contributed by atoms with Crippen molar-refractivity contribution in [3.05, 3.63) is 0 Å².